The van der Waals surface area contributed by atoms with Crippen molar-refractivity contribution in [3.8, 4) is 0 Å². The summed E-state index contributed by atoms with van der Waals surface area (Å²) in [6.07, 6.45) is 2.53. The van der Waals surface area contributed by atoms with E-state index in [1.165, 1.54) is 11.1 Å². The molecule has 4 heteroatoms. The van der Waals surface area contributed by atoms with Crippen LogP contribution in [0.3, 0.4) is 0 Å². The van der Waals surface area contributed by atoms with Crippen LogP contribution in [-0.4, -0.2) is 26.5 Å². The fraction of sp³-hybridized carbons (Fsp3) is 0.600. The van der Waals surface area contributed by atoms with Gasteiger partial charge in [0.25, 0.3) is 0 Å². The number of hydrogen-bond donors (Lipinski definition) is 1. The average Bonchev–Trinajstić information content (AvgIpc) is 2.39. The van der Waals surface area contributed by atoms with Crippen LogP contribution >= 0.6 is 0 Å². The van der Waals surface area contributed by atoms with Crippen LogP contribution in [0.5, 0.6) is 0 Å². The Kier molecular flexibility index (Phi) is 6.52. The van der Waals surface area contributed by atoms with E-state index in [1.54, 1.807) is 6.92 Å². The molecule has 1 aromatic carbocycles. The quantitative estimate of drug-likeness (QED) is 0.796. The minimum atomic E-state index is -2.85. The van der Waals surface area contributed by atoms with E-state index in [4.69, 9.17) is 5.73 Å². The van der Waals surface area contributed by atoms with Crippen LogP contribution in [0.15, 0.2) is 24.3 Å². The highest BCUT2D eigenvalue weighted by Gasteiger charge is 2.12. The minimum absolute atomic E-state index is 0.234. The van der Waals surface area contributed by atoms with Crippen LogP contribution in [0.25, 0.3) is 0 Å². The van der Waals surface area contributed by atoms with Gasteiger partial charge in [0.1, 0.15) is 9.84 Å². The molecule has 0 radical (unpaired) electrons. The zero-order chi connectivity index (χ0) is 14.3. The molecule has 0 fully saturated rings. The van der Waals surface area contributed by atoms with Crippen LogP contribution in [0.1, 0.15) is 30.9 Å². The molecular formula is C15H25NO2S. The van der Waals surface area contributed by atoms with Gasteiger partial charge in [0, 0.05) is 5.75 Å². The van der Waals surface area contributed by atoms with Crippen molar-refractivity contribution in [2.75, 3.05) is 18.1 Å². The topological polar surface area (TPSA) is 60.2 Å². The molecule has 2 N–H and O–H groups in total. The lowest BCUT2D eigenvalue weighted by Gasteiger charge is -2.16. The number of aryl methyl sites for hydroxylation is 1. The van der Waals surface area contributed by atoms with Gasteiger partial charge in [-0.2, -0.15) is 0 Å². The molecular weight excluding hydrogens is 258 g/mol. The SMILES string of the molecule is CCS(=O)(=O)CCCC(CN)Cc1ccccc1C. The van der Waals surface area contributed by atoms with Crippen LogP contribution in [-0.2, 0) is 16.3 Å². The molecule has 0 saturated heterocycles. The highest BCUT2D eigenvalue weighted by Crippen LogP contribution is 2.17. The molecule has 3 nitrogen and oxygen atoms in total. The standard InChI is InChI=1S/C15H25NO2S/c1-3-19(17,18)10-6-8-14(12-16)11-15-9-5-4-7-13(15)2/h4-5,7,9,14H,3,6,8,10-12,16H2,1-2H3. The Morgan fingerprint density at radius 3 is 2.53 bits per heavy atom. The summed E-state index contributed by atoms with van der Waals surface area (Å²) in [5, 5.41) is 0. The second-order valence-electron chi connectivity index (χ2n) is 5.11. The Hall–Kier alpha value is -0.870. The monoisotopic (exact) mass is 283 g/mol. The second-order valence-corrected chi connectivity index (χ2v) is 7.58. The first kappa shape index (κ1) is 16.2. The summed E-state index contributed by atoms with van der Waals surface area (Å²) in [6, 6.07) is 8.30. The zero-order valence-electron chi connectivity index (χ0n) is 11.9. The van der Waals surface area contributed by atoms with Gasteiger partial charge in [0.15, 0.2) is 0 Å². The van der Waals surface area contributed by atoms with Crippen molar-refractivity contribution < 1.29 is 8.42 Å². The van der Waals surface area contributed by atoms with Crippen LogP contribution in [0.2, 0.25) is 0 Å². The van der Waals surface area contributed by atoms with E-state index < -0.39 is 9.84 Å². The normalized spacial score (nSPS) is 13.4. The molecule has 0 spiro atoms. The third-order valence-electron chi connectivity index (χ3n) is 3.61. The third kappa shape index (κ3) is 5.74. The van der Waals surface area contributed by atoms with Gasteiger partial charge in [-0.15, -0.1) is 0 Å². The van der Waals surface area contributed by atoms with Gasteiger partial charge >= 0.3 is 0 Å². The highest BCUT2D eigenvalue weighted by molar-refractivity contribution is 7.91. The summed E-state index contributed by atoms with van der Waals surface area (Å²) < 4.78 is 22.9. The van der Waals surface area contributed by atoms with Gasteiger partial charge in [0.2, 0.25) is 0 Å². The molecule has 0 amide bonds. The van der Waals surface area contributed by atoms with Crippen molar-refractivity contribution >= 4 is 9.84 Å². The molecule has 1 atom stereocenters. The van der Waals surface area contributed by atoms with E-state index in [1.807, 2.05) is 12.1 Å². The van der Waals surface area contributed by atoms with E-state index in [0.29, 0.717) is 18.9 Å². The number of hydrogen-bond acceptors (Lipinski definition) is 3. The van der Waals surface area contributed by atoms with Gasteiger partial charge in [-0.05, 0) is 49.8 Å². The Bertz CT molecular complexity index is 483. The van der Waals surface area contributed by atoms with Gasteiger partial charge in [-0.1, -0.05) is 31.2 Å². The van der Waals surface area contributed by atoms with Crippen molar-refractivity contribution in [3.05, 3.63) is 35.4 Å². The van der Waals surface area contributed by atoms with Gasteiger partial charge in [-0.3, -0.25) is 0 Å². The van der Waals surface area contributed by atoms with Crippen molar-refractivity contribution in [2.45, 2.75) is 33.1 Å². The summed E-state index contributed by atoms with van der Waals surface area (Å²) >= 11 is 0. The molecule has 0 aliphatic rings. The smallest absolute Gasteiger partial charge is 0.150 e. The maximum absolute atomic E-state index is 11.5. The first-order valence-electron chi connectivity index (χ1n) is 6.93. The Balaban J connectivity index is 2.49. The lowest BCUT2D eigenvalue weighted by atomic mass is 9.93. The summed E-state index contributed by atoms with van der Waals surface area (Å²) in [4.78, 5) is 0. The molecule has 0 saturated carbocycles. The van der Waals surface area contributed by atoms with Gasteiger partial charge in [-0.25, -0.2) is 8.42 Å². The highest BCUT2D eigenvalue weighted by atomic mass is 32.2. The maximum Gasteiger partial charge on any atom is 0.150 e. The first-order valence-corrected chi connectivity index (χ1v) is 8.75. The average molecular weight is 283 g/mol. The number of nitrogens with two attached hydrogens (primary N) is 1. The molecule has 19 heavy (non-hydrogen) atoms. The Morgan fingerprint density at radius 1 is 1.26 bits per heavy atom. The van der Waals surface area contributed by atoms with Crippen molar-refractivity contribution in [3.63, 3.8) is 0 Å². The summed E-state index contributed by atoms with van der Waals surface area (Å²) in [5.74, 6) is 0.888. The summed E-state index contributed by atoms with van der Waals surface area (Å²) in [5.41, 5.74) is 8.40. The second kappa shape index (κ2) is 7.65. The zero-order valence-corrected chi connectivity index (χ0v) is 12.7. The van der Waals surface area contributed by atoms with E-state index in [0.717, 1.165) is 12.8 Å². The lowest BCUT2D eigenvalue weighted by Crippen LogP contribution is -2.19. The van der Waals surface area contributed by atoms with Crippen molar-refractivity contribution in [2.24, 2.45) is 11.7 Å². The Labute approximate surface area is 117 Å². The molecule has 1 unspecified atom stereocenters. The Morgan fingerprint density at radius 2 is 1.95 bits per heavy atom. The number of sulfone groups is 1. The first-order chi connectivity index (χ1) is 8.98. The van der Waals surface area contributed by atoms with E-state index in [-0.39, 0.29) is 11.5 Å². The predicted molar refractivity (Wildman–Crippen MR) is 81.0 cm³/mol. The fourth-order valence-corrected chi connectivity index (χ4v) is 3.08. The largest absolute Gasteiger partial charge is 0.330 e. The molecule has 0 aliphatic heterocycles. The summed E-state index contributed by atoms with van der Waals surface area (Å²) in [6.45, 7) is 4.41. The lowest BCUT2D eigenvalue weighted by molar-refractivity contribution is 0.484. The van der Waals surface area contributed by atoms with E-state index >= 15 is 0 Å². The summed E-state index contributed by atoms with van der Waals surface area (Å²) in [7, 11) is -2.85. The fourth-order valence-electron chi connectivity index (χ4n) is 2.19. The molecule has 108 valence electrons. The molecule has 1 rings (SSSR count). The number of rotatable bonds is 8. The molecule has 1 aromatic rings. The molecule has 0 bridgehead atoms. The molecule has 0 aromatic heterocycles. The van der Waals surface area contributed by atoms with Crippen molar-refractivity contribution in [1.82, 2.24) is 0 Å². The van der Waals surface area contributed by atoms with Crippen LogP contribution < -0.4 is 5.73 Å². The number of benzene rings is 1. The van der Waals surface area contributed by atoms with E-state index in [9.17, 15) is 8.42 Å². The molecule has 0 aliphatic carbocycles. The minimum Gasteiger partial charge on any atom is -0.330 e. The molecule has 0 heterocycles. The van der Waals surface area contributed by atoms with Crippen LogP contribution in [0.4, 0.5) is 0 Å². The van der Waals surface area contributed by atoms with Gasteiger partial charge in [0.05, 0.1) is 5.75 Å². The van der Waals surface area contributed by atoms with Crippen molar-refractivity contribution in [1.29, 1.82) is 0 Å². The predicted octanol–water partition coefficient (Wildman–Crippen LogP) is 2.33. The third-order valence-corrected chi connectivity index (χ3v) is 5.40. The van der Waals surface area contributed by atoms with E-state index in [2.05, 4.69) is 19.1 Å². The van der Waals surface area contributed by atoms with Gasteiger partial charge < -0.3 is 5.73 Å². The maximum atomic E-state index is 11.5. The van der Waals surface area contributed by atoms with Crippen LogP contribution in [0, 0.1) is 12.8 Å².